The third kappa shape index (κ3) is 1.73. The van der Waals surface area contributed by atoms with Crippen LogP contribution in [0.25, 0.3) is 0 Å². The van der Waals surface area contributed by atoms with Gasteiger partial charge in [-0.05, 0) is 6.92 Å². The predicted octanol–water partition coefficient (Wildman–Crippen LogP) is 0.735. The highest BCUT2D eigenvalue weighted by molar-refractivity contribution is 5.91. The van der Waals surface area contributed by atoms with Crippen LogP contribution in [0, 0.1) is 0 Å². The molecule has 0 aliphatic rings. The van der Waals surface area contributed by atoms with Crippen LogP contribution in [0.5, 0.6) is 5.75 Å². The largest absolute Gasteiger partial charge is 0.505 e. The lowest BCUT2D eigenvalue weighted by atomic mass is 10.4. The molecule has 1 amide bonds. The Kier molecular flexibility index (Phi) is 2.15. The van der Waals surface area contributed by atoms with Crippen LogP contribution in [0.3, 0.4) is 0 Å². The molecule has 0 spiro atoms. The molecular formula is C7H9NO3. The van der Waals surface area contributed by atoms with Gasteiger partial charge in [0.05, 0.1) is 0 Å². The molecule has 0 aromatic carbocycles. The summed E-state index contributed by atoms with van der Waals surface area (Å²) in [5.41, 5.74) is 0. The number of hydrogen-bond acceptors (Lipinski definition) is 3. The van der Waals surface area contributed by atoms with E-state index in [9.17, 15) is 4.79 Å². The van der Waals surface area contributed by atoms with Crippen LogP contribution in [0.2, 0.25) is 0 Å². The summed E-state index contributed by atoms with van der Waals surface area (Å²) in [4.78, 5) is 10.9. The van der Waals surface area contributed by atoms with Crippen molar-refractivity contribution in [2.45, 2.75) is 6.92 Å². The lowest BCUT2D eigenvalue weighted by Crippen LogP contribution is -2.21. The molecule has 1 aromatic heterocycles. The summed E-state index contributed by atoms with van der Waals surface area (Å²) < 4.78 is 4.72. The Morgan fingerprint density at radius 3 is 3.00 bits per heavy atom. The molecule has 0 bridgehead atoms. The third-order valence-electron chi connectivity index (χ3n) is 1.15. The van der Waals surface area contributed by atoms with E-state index in [4.69, 9.17) is 9.52 Å². The second kappa shape index (κ2) is 3.09. The van der Waals surface area contributed by atoms with Crippen molar-refractivity contribution >= 4 is 5.91 Å². The van der Waals surface area contributed by atoms with Gasteiger partial charge in [0.15, 0.2) is 11.5 Å². The maximum atomic E-state index is 10.9. The smallest absolute Gasteiger partial charge is 0.287 e. The van der Waals surface area contributed by atoms with Crippen molar-refractivity contribution in [3.63, 3.8) is 0 Å². The van der Waals surface area contributed by atoms with E-state index in [1.54, 1.807) is 6.92 Å². The van der Waals surface area contributed by atoms with Crippen LogP contribution < -0.4 is 5.32 Å². The standard InChI is InChI=1S/C7H9NO3/c1-2-8-7(10)6-3-5(9)4-11-6/h3-4,9H,2H2,1H3,(H,8,10). The lowest BCUT2D eigenvalue weighted by molar-refractivity contribution is 0.0928. The summed E-state index contributed by atoms with van der Waals surface area (Å²) in [5, 5.41) is 11.3. The van der Waals surface area contributed by atoms with Crippen LogP contribution in [-0.2, 0) is 0 Å². The van der Waals surface area contributed by atoms with Crippen LogP contribution in [0.15, 0.2) is 16.7 Å². The number of hydrogen-bond donors (Lipinski definition) is 2. The van der Waals surface area contributed by atoms with Crippen molar-refractivity contribution < 1.29 is 14.3 Å². The number of aromatic hydroxyl groups is 1. The summed E-state index contributed by atoms with van der Waals surface area (Å²) in [6.45, 7) is 2.35. The van der Waals surface area contributed by atoms with Crippen molar-refractivity contribution in [2.24, 2.45) is 0 Å². The van der Waals surface area contributed by atoms with Gasteiger partial charge in [-0.2, -0.15) is 0 Å². The van der Waals surface area contributed by atoms with Crippen molar-refractivity contribution in [3.8, 4) is 5.75 Å². The number of rotatable bonds is 2. The Bertz CT molecular complexity index is 254. The first-order valence-corrected chi connectivity index (χ1v) is 3.29. The van der Waals surface area contributed by atoms with Crippen LogP contribution in [0.4, 0.5) is 0 Å². The molecule has 1 rings (SSSR count). The molecular weight excluding hydrogens is 146 g/mol. The topological polar surface area (TPSA) is 62.5 Å². The third-order valence-corrected chi connectivity index (χ3v) is 1.15. The molecule has 0 unspecified atom stereocenters. The molecule has 0 aliphatic heterocycles. The quantitative estimate of drug-likeness (QED) is 0.661. The first kappa shape index (κ1) is 7.65. The Labute approximate surface area is 63.8 Å². The molecule has 1 heterocycles. The molecule has 2 N–H and O–H groups in total. The van der Waals surface area contributed by atoms with Gasteiger partial charge in [0.2, 0.25) is 0 Å². The normalized spacial score (nSPS) is 9.55. The van der Waals surface area contributed by atoms with Crippen LogP contribution in [-0.4, -0.2) is 17.6 Å². The van der Waals surface area contributed by atoms with Crippen molar-refractivity contribution in [3.05, 3.63) is 18.1 Å². The fraction of sp³-hybridized carbons (Fsp3) is 0.286. The minimum Gasteiger partial charge on any atom is -0.505 e. The van der Waals surface area contributed by atoms with Gasteiger partial charge in [-0.1, -0.05) is 0 Å². The molecule has 0 fully saturated rings. The van der Waals surface area contributed by atoms with E-state index in [1.807, 2.05) is 0 Å². The second-order valence-electron chi connectivity index (χ2n) is 2.03. The maximum absolute atomic E-state index is 10.9. The first-order valence-electron chi connectivity index (χ1n) is 3.29. The molecule has 0 radical (unpaired) electrons. The Morgan fingerprint density at radius 2 is 2.55 bits per heavy atom. The highest BCUT2D eigenvalue weighted by Crippen LogP contribution is 2.12. The van der Waals surface area contributed by atoms with Crippen molar-refractivity contribution in [1.29, 1.82) is 0 Å². The SMILES string of the molecule is CCNC(=O)c1cc(O)co1. The average Bonchev–Trinajstić information content (AvgIpc) is 2.36. The monoisotopic (exact) mass is 155 g/mol. The molecule has 1 aromatic rings. The van der Waals surface area contributed by atoms with Gasteiger partial charge in [0.25, 0.3) is 5.91 Å². The summed E-state index contributed by atoms with van der Waals surface area (Å²) in [6, 6.07) is 1.27. The molecule has 0 aliphatic carbocycles. The van der Waals surface area contributed by atoms with E-state index in [2.05, 4.69) is 5.32 Å². The fourth-order valence-corrected chi connectivity index (χ4v) is 0.693. The molecule has 0 atom stereocenters. The summed E-state index contributed by atoms with van der Waals surface area (Å²) >= 11 is 0. The van der Waals surface area contributed by atoms with Gasteiger partial charge in [-0.3, -0.25) is 4.79 Å². The maximum Gasteiger partial charge on any atom is 0.287 e. The zero-order chi connectivity index (χ0) is 8.27. The van der Waals surface area contributed by atoms with Gasteiger partial charge in [0.1, 0.15) is 6.26 Å². The van der Waals surface area contributed by atoms with Gasteiger partial charge >= 0.3 is 0 Å². The van der Waals surface area contributed by atoms with Crippen LogP contribution in [0.1, 0.15) is 17.5 Å². The summed E-state index contributed by atoms with van der Waals surface area (Å²) in [5.74, 6) is -0.219. The van der Waals surface area contributed by atoms with Gasteiger partial charge in [-0.25, -0.2) is 0 Å². The number of furan rings is 1. The number of nitrogens with one attached hydrogen (secondary N) is 1. The molecule has 0 saturated heterocycles. The lowest BCUT2D eigenvalue weighted by Gasteiger charge is -1.95. The fourth-order valence-electron chi connectivity index (χ4n) is 0.693. The summed E-state index contributed by atoms with van der Waals surface area (Å²) in [7, 11) is 0. The summed E-state index contributed by atoms with van der Waals surface area (Å²) in [6.07, 6.45) is 1.12. The van der Waals surface area contributed by atoms with Gasteiger partial charge < -0.3 is 14.8 Å². The zero-order valence-corrected chi connectivity index (χ0v) is 6.13. The zero-order valence-electron chi connectivity index (χ0n) is 6.13. The molecule has 4 heteroatoms. The number of carbonyl (C=O) groups is 1. The van der Waals surface area contributed by atoms with E-state index in [1.165, 1.54) is 6.07 Å². The Morgan fingerprint density at radius 1 is 1.82 bits per heavy atom. The van der Waals surface area contributed by atoms with Gasteiger partial charge in [-0.15, -0.1) is 0 Å². The molecule has 60 valence electrons. The predicted molar refractivity (Wildman–Crippen MR) is 38.4 cm³/mol. The highest BCUT2D eigenvalue weighted by Gasteiger charge is 2.08. The van der Waals surface area contributed by atoms with E-state index in [-0.39, 0.29) is 17.4 Å². The van der Waals surface area contributed by atoms with Crippen molar-refractivity contribution in [1.82, 2.24) is 5.32 Å². The average molecular weight is 155 g/mol. The minimum absolute atomic E-state index is 0.0359. The number of carbonyl (C=O) groups excluding carboxylic acids is 1. The molecule has 0 saturated carbocycles. The van der Waals surface area contributed by atoms with E-state index < -0.39 is 0 Å². The van der Waals surface area contributed by atoms with E-state index in [0.717, 1.165) is 6.26 Å². The Hall–Kier alpha value is -1.45. The highest BCUT2D eigenvalue weighted by atomic mass is 16.4. The molecule has 11 heavy (non-hydrogen) atoms. The van der Waals surface area contributed by atoms with E-state index >= 15 is 0 Å². The minimum atomic E-state index is -0.312. The second-order valence-corrected chi connectivity index (χ2v) is 2.03. The number of amides is 1. The van der Waals surface area contributed by atoms with Crippen LogP contribution >= 0.6 is 0 Å². The van der Waals surface area contributed by atoms with Crippen molar-refractivity contribution in [2.75, 3.05) is 6.54 Å². The Balaban J connectivity index is 2.69. The van der Waals surface area contributed by atoms with Gasteiger partial charge in [0, 0.05) is 12.6 Å². The molecule has 4 nitrogen and oxygen atoms in total. The van der Waals surface area contributed by atoms with E-state index in [0.29, 0.717) is 6.54 Å². The first-order chi connectivity index (χ1) is 5.24.